The number of nitrogens with zero attached hydrogens (tertiary/aromatic N) is 4. The molecule has 0 bridgehead atoms. The van der Waals surface area contributed by atoms with Crippen molar-refractivity contribution in [2.75, 3.05) is 26.3 Å². The summed E-state index contributed by atoms with van der Waals surface area (Å²) < 4.78 is 46.2. The van der Waals surface area contributed by atoms with Crippen LogP contribution in [0.2, 0.25) is 5.02 Å². The second-order valence-corrected chi connectivity index (χ2v) is 8.45. The lowest BCUT2D eigenvalue weighted by Gasteiger charge is -2.26. The Morgan fingerprint density at radius 2 is 2.00 bits per heavy atom. The van der Waals surface area contributed by atoms with E-state index in [0.717, 1.165) is 4.85 Å². The first-order valence-corrected chi connectivity index (χ1v) is 10.3. The molecular formula is C17H16ClFN4O4S. The normalized spacial score (nSPS) is 15.8. The van der Waals surface area contributed by atoms with Gasteiger partial charge in [-0.15, -0.1) is 5.10 Å². The van der Waals surface area contributed by atoms with Crippen LogP contribution >= 0.6 is 11.6 Å². The number of hydrogen-bond donors (Lipinski definition) is 0. The predicted molar refractivity (Wildman–Crippen MR) is 98.8 cm³/mol. The Hall–Kier alpha value is -2.27. The third-order valence-corrected chi connectivity index (χ3v) is 6.64. The predicted octanol–water partition coefficient (Wildman–Crippen LogP) is 1.87. The molecule has 0 N–H and O–H groups in total. The minimum absolute atomic E-state index is 0.0953. The van der Waals surface area contributed by atoms with Crippen molar-refractivity contribution in [3.05, 3.63) is 52.8 Å². The molecule has 11 heteroatoms. The number of aromatic nitrogens is 3. The Bertz CT molecular complexity index is 1100. The smallest absolute Gasteiger partial charge is 0.243 e. The van der Waals surface area contributed by atoms with Crippen molar-refractivity contribution >= 4 is 32.7 Å². The van der Waals surface area contributed by atoms with E-state index >= 15 is 0 Å². The Morgan fingerprint density at radius 1 is 1.21 bits per heavy atom. The SMILES string of the molecule is O=S(=O)(c1ccc2nnn(OCc3c(F)cccc3Cl)c2c1)N1CCOCC1. The summed E-state index contributed by atoms with van der Waals surface area (Å²) in [5.41, 5.74) is 0.965. The van der Waals surface area contributed by atoms with Crippen molar-refractivity contribution in [2.45, 2.75) is 11.5 Å². The van der Waals surface area contributed by atoms with Gasteiger partial charge in [0.15, 0.2) is 0 Å². The fourth-order valence-electron chi connectivity index (χ4n) is 2.87. The van der Waals surface area contributed by atoms with Crippen molar-refractivity contribution in [1.29, 1.82) is 0 Å². The van der Waals surface area contributed by atoms with Gasteiger partial charge in [-0.3, -0.25) is 0 Å². The monoisotopic (exact) mass is 426 g/mol. The van der Waals surface area contributed by atoms with Gasteiger partial charge in [0.05, 0.1) is 23.1 Å². The van der Waals surface area contributed by atoms with Crippen LogP contribution in [-0.2, 0) is 21.4 Å². The Labute approximate surface area is 165 Å². The highest BCUT2D eigenvalue weighted by molar-refractivity contribution is 7.89. The fraction of sp³-hybridized carbons (Fsp3) is 0.294. The van der Waals surface area contributed by atoms with Crippen molar-refractivity contribution in [3.63, 3.8) is 0 Å². The minimum Gasteiger partial charge on any atom is -0.390 e. The quantitative estimate of drug-likeness (QED) is 0.619. The molecule has 1 aliphatic heterocycles. The first kappa shape index (κ1) is 19.1. The summed E-state index contributed by atoms with van der Waals surface area (Å²) in [5.74, 6) is -0.507. The molecule has 0 aliphatic carbocycles. The first-order chi connectivity index (χ1) is 13.5. The van der Waals surface area contributed by atoms with Gasteiger partial charge in [-0.25, -0.2) is 12.8 Å². The molecule has 2 heterocycles. The van der Waals surface area contributed by atoms with Crippen LogP contribution in [0, 0.1) is 5.82 Å². The van der Waals surface area contributed by atoms with Crippen LogP contribution in [0.25, 0.3) is 11.0 Å². The number of fused-ring (bicyclic) bond motifs is 1. The van der Waals surface area contributed by atoms with E-state index in [9.17, 15) is 12.8 Å². The lowest BCUT2D eigenvalue weighted by molar-refractivity contribution is 0.0726. The molecule has 3 aromatic rings. The lowest BCUT2D eigenvalue weighted by Crippen LogP contribution is -2.40. The molecule has 1 aliphatic rings. The van der Waals surface area contributed by atoms with Crippen LogP contribution in [0.1, 0.15) is 5.56 Å². The number of halogens is 2. The Balaban J connectivity index is 1.63. The zero-order valence-corrected chi connectivity index (χ0v) is 16.2. The molecule has 28 heavy (non-hydrogen) atoms. The summed E-state index contributed by atoms with van der Waals surface area (Å²) >= 11 is 6.00. The number of benzene rings is 2. The van der Waals surface area contributed by atoms with E-state index in [0.29, 0.717) is 37.3 Å². The summed E-state index contributed by atoms with van der Waals surface area (Å²) in [6.45, 7) is 1.10. The van der Waals surface area contributed by atoms with Crippen LogP contribution in [-0.4, -0.2) is 54.2 Å². The van der Waals surface area contributed by atoms with Gasteiger partial charge in [0.1, 0.15) is 23.5 Å². The summed E-state index contributed by atoms with van der Waals surface area (Å²) in [6.07, 6.45) is 0. The molecule has 1 fully saturated rings. The van der Waals surface area contributed by atoms with E-state index < -0.39 is 15.8 Å². The van der Waals surface area contributed by atoms with Crippen LogP contribution in [0.3, 0.4) is 0 Å². The van der Waals surface area contributed by atoms with Gasteiger partial charge < -0.3 is 9.57 Å². The summed E-state index contributed by atoms with van der Waals surface area (Å²) in [5, 5.41) is 8.02. The molecular weight excluding hydrogens is 411 g/mol. The molecule has 0 saturated carbocycles. The topological polar surface area (TPSA) is 86.5 Å². The highest BCUT2D eigenvalue weighted by Gasteiger charge is 2.27. The molecule has 8 nitrogen and oxygen atoms in total. The Morgan fingerprint density at radius 3 is 2.75 bits per heavy atom. The molecule has 0 unspecified atom stereocenters. The molecule has 0 spiro atoms. The fourth-order valence-corrected chi connectivity index (χ4v) is 4.51. The first-order valence-electron chi connectivity index (χ1n) is 8.46. The van der Waals surface area contributed by atoms with E-state index in [1.54, 1.807) is 12.1 Å². The zero-order valence-electron chi connectivity index (χ0n) is 14.6. The average molecular weight is 427 g/mol. The van der Waals surface area contributed by atoms with Crippen LogP contribution in [0.5, 0.6) is 0 Å². The molecule has 0 atom stereocenters. The maximum Gasteiger partial charge on any atom is 0.243 e. The second-order valence-electron chi connectivity index (χ2n) is 6.10. The summed E-state index contributed by atoms with van der Waals surface area (Å²) in [7, 11) is -3.68. The standard InChI is InChI=1S/C17H16ClFN4O4S/c18-14-2-1-3-15(19)13(14)11-27-23-17-10-12(4-5-16(17)20-21-23)28(24,25)22-6-8-26-9-7-22/h1-5,10H,6-9,11H2. The van der Waals surface area contributed by atoms with Gasteiger partial charge in [0, 0.05) is 18.7 Å². The third kappa shape index (κ3) is 3.55. The maximum atomic E-state index is 13.9. The maximum absolute atomic E-state index is 13.9. The molecule has 1 aromatic heterocycles. The Kier molecular flexibility index (Phi) is 5.19. The minimum atomic E-state index is -3.68. The van der Waals surface area contributed by atoms with E-state index in [2.05, 4.69) is 10.3 Å². The summed E-state index contributed by atoms with van der Waals surface area (Å²) in [4.78, 5) is 6.67. The molecule has 148 valence electrons. The molecule has 1 saturated heterocycles. The highest BCUT2D eigenvalue weighted by Crippen LogP contribution is 2.22. The largest absolute Gasteiger partial charge is 0.390 e. The van der Waals surface area contributed by atoms with Crippen molar-refractivity contribution in [2.24, 2.45) is 0 Å². The van der Waals surface area contributed by atoms with E-state index in [1.807, 2.05) is 0 Å². The summed E-state index contributed by atoms with van der Waals surface area (Å²) in [6, 6.07) is 8.77. The van der Waals surface area contributed by atoms with Crippen LogP contribution in [0.4, 0.5) is 4.39 Å². The second kappa shape index (κ2) is 7.63. The molecule has 0 amide bonds. The zero-order chi connectivity index (χ0) is 19.7. The third-order valence-electron chi connectivity index (χ3n) is 4.39. The van der Waals surface area contributed by atoms with Crippen LogP contribution in [0.15, 0.2) is 41.3 Å². The number of morpholine rings is 1. The van der Waals surface area contributed by atoms with Gasteiger partial charge in [0.2, 0.25) is 10.0 Å². The van der Waals surface area contributed by atoms with Gasteiger partial charge in [0.25, 0.3) is 0 Å². The number of rotatable bonds is 5. The number of hydrogen-bond acceptors (Lipinski definition) is 6. The van der Waals surface area contributed by atoms with Gasteiger partial charge in [-0.2, -0.15) is 4.31 Å². The highest BCUT2D eigenvalue weighted by atomic mass is 35.5. The van der Waals surface area contributed by atoms with Crippen LogP contribution < -0.4 is 4.84 Å². The van der Waals surface area contributed by atoms with Gasteiger partial charge in [-0.05, 0) is 35.5 Å². The van der Waals surface area contributed by atoms with Gasteiger partial charge >= 0.3 is 0 Å². The van der Waals surface area contributed by atoms with Crippen molar-refractivity contribution in [3.8, 4) is 0 Å². The number of ether oxygens (including phenoxy) is 1. The van der Waals surface area contributed by atoms with E-state index in [-0.39, 0.29) is 22.1 Å². The van der Waals surface area contributed by atoms with Crippen molar-refractivity contribution in [1.82, 2.24) is 19.5 Å². The molecule has 0 radical (unpaired) electrons. The van der Waals surface area contributed by atoms with E-state index in [4.69, 9.17) is 21.2 Å². The van der Waals surface area contributed by atoms with Gasteiger partial charge in [-0.1, -0.05) is 22.5 Å². The van der Waals surface area contributed by atoms with E-state index in [1.165, 1.54) is 28.6 Å². The lowest BCUT2D eigenvalue weighted by atomic mass is 10.2. The average Bonchev–Trinajstić information content (AvgIpc) is 3.11. The molecule has 4 rings (SSSR count). The van der Waals surface area contributed by atoms with Crippen molar-refractivity contribution < 1.29 is 22.4 Å². The number of sulfonamides is 1. The molecule has 2 aromatic carbocycles.